The first-order valence-electron chi connectivity index (χ1n) is 4.82. The van der Waals surface area contributed by atoms with Crippen LogP contribution in [0.5, 0.6) is 0 Å². The molecule has 1 aromatic carbocycles. The Morgan fingerprint density at radius 2 is 1.88 bits per heavy atom. The van der Waals surface area contributed by atoms with Gasteiger partial charge in [0.2, 0.25) is 10.0 Å². The zero-order valence-corrected chi connectivity index (χ0v) is 9.72. The van der Waals surface area contributed by atoms with Crippen molar-refractivity contribution in [1.29, 1.82) is 0 Å². The van der Waals surface area contributed by atoms with Gasteiger partial charge >= 0.3 is 5.97 Å². The fourth-order valence-electron chi connectivity index (χ4n) is 1.22. The van der Waals surface area contributed by atoms with E-state index in [0.29, 0.717) is 5.56 Å². The molecule has 94 valence electrons. The van der Waals surface area contributed by atoms with Gasteiger partial charge in [0.05, 0.1) is 12.4 Å². The molecule has 1 atom stereocenters. The van der Waals surface area contributed by atoms with Crippen LogP contribution in [0.4, 0.5) is 0 Å². The highest BCUT2D eigenvalue weighted by molar-refractivity contribution is 7.88. The number of rotatable bonds is 6. The summed E-state index contributed by atoms with van der Waals surface area (Å²) >= 11 is 0. The van der Waals surface area contributed by atoms with Crippen LogP contribution in [0, 0.1) is 0 Å². The fraction of sp³-hybridized carbons (Fsp3) is 0.300. The average molecular weight is 259 g/mol. The van der Waals surface area contributed by atoms with E-state index in [1.807, 2.05) is 4.72 Å². The maximum Gasteiger partial charge on any atom is 0.324 e. The third kappa shape index (κ3) is 4.51. The lowest BCUT2D eigenvalue weighted by atomic mass is 10.2. The molecule has 0 saturated carbocycles. The number of nitrogens with one attached hydrogen (secondary N) is 1. The third-order valence-electron chi connectivity index (χ3n) is 2.00. The summed E-state index contributed by atoms with van der Waals surface area (Å²) < 4.78 is 25.1. The summed E-state index contributed by atoms with van der Waals surface area (Å²) in [5.41, 5.74) is 0.544. The molecule has 0 saturated heterocycles. The number of carbonyl (C=O) groups is 1. The van der Waals surface area contributed by atoms with E-state index in [1.165, 1.54) is 0 Å². The second-order valence-electron chi connectivity index (χ2n) is 3.44. The van der Waals surface area contributed by atoms with Crippen molar-refractivity contribution in [3.05, 3.63) is 35.9 Å². The van der Waals surface area contributed by atoms with Gasteiger partial charge in [-0.15, -0.1) is 0 Å². The minimum atomic E-state index is -3.78. The SMILES string of the molecule is O=C(O)C(CO)NS(=O)(=O)Cc1ccccc1. The van der Waals surface area contributed by atoms with Gasteiger partial charge in [-0.2, -0.15) is 4.72 Å². The van der Waals surface area contributed by atoms with Crippen molar-refractivity contribution in [2.24, 2.45) is 0 Å². The molecule has 0 fully saturated rings. The number of hydrogen-bond acceptors (Lipinski definition) is 4. The summed E-state index contributed by atoms with van der Waals surface area (Å²) in [5, 5.41) is 17.3. The minimum Gasteiger partial charge on any atom is -0.480 e. The monoisotopic (exact) mass is 259 g/mol. The lowest BCUT2D eigenvalue weighted by Gasteiger charge is -2.12. The van der Waals surface area contributed by atoms with Gasteiger partial charge in [0.25, 0.3) is 0 Å². The lowest BCUT2D eigenvalue weighted by Crippen LogP contribution is -2.43. The zero-order valence-electron chi connectivity index (χ0n) is 8.91. The molecule has 1 aromatic rings. The Balaban J connectivity index is 2.73. The Labute approximate surface area is 99.0 Å². The van der Waals surface area contributed by atoms with Crippen molar-refractivity contribution < 1.29 is 23.4 Å². The molecule has 0 heterocycles. The standard InChI is InChI=1S/C10H13NO5S/c12-6-9(10(13)14)11-17(15,16)7-8-4-2-1-3-5-8/h1-5,9,11-12H,6-7H2,(H,13,14). The first-order valence-corrected chi connectivity index (χ1v) is 6.47. The van der Waals surface area contributed by atoms with Crippen molar-refractivity contribution in [3.63, 3.8) is 0 Å². The summed E-state index contributed by atoms with van der Waals surface area (Å²) in [6, 6.07) is 6.85. The molecule has 0 amide bonds. The third-order valence-corrected chi connectivity index (χ3v) is 3.36. The highest BCUT2D eigenvalue weighted by Gasteiger charge is 2.23. The van der Waals surface area contributed by atoms with Crippen LogP contribution in [0.1, 0.15) is 5.56 Å². The van der Waals surface area contributed by atoms with Gasteiger partial charge in [-0.25, -0.2) is 8.42 Å². The number of carboxylic acids is 1. The second kappa shape index (κ2) is 5.76. The van der Waals surface area contributed by atoms with E-state index >= 15 is 0 Å². The van der Waals surface area contributed by atoms with E-state index in [9.17, 15) is 13.2 Å². The van der Waals surface area contributed by atoms with Crippen LogP contribution in [0.2, 0.25) is 0 Å². The van der Waals surface area contributed by atoms with Crippen LogP contribution in [0.3, 0.4) is 0 Å². The summed E-state index contributed by atoms with van der Waals surface area (Å²) in [7, 11) is -3.78. The molecule has 0 aliphatic rings. The first kappa shape index (κ1) is 13.6. The van der Waals surface area contributed by atoms with Gasteiger partial charge in [0.1, 0.15) is 6.04 Å². The number of aliphatic hydroxyl groups is 1. The number of aliphatic carboxylic acids is 1. The molecule has 1 unspecified atom stereocenters. The van der Waals surface area contributed by atoms with E-state index in [1.54, 1.807) is 30.3 Å². The molecule has 0 aromatic heterocycles. The van der Waals surface area contributed by atoms with E-state index < -0.39 is 28.6 Å². The Hall–Kier alpha value is -1.44. The molecule has 0 bridgehead atoms. The van der Waals surface area contributed by atoms with E-state index in [0.717, 1.165) is 0 Å². The molecule has 6 nitrogen and oxygen atoms in total. The summed E-state index contributed by atoms with van der Waals surface area (Å²) in [6.07, 6.45) is 0. The number of aliphatic hydroxyl groups excluding tert-OH is 1. The highest BCUT2D eigenvalue weighted by atomic mass is 32.2. The smallest absolute Gasteiger partial charge is 0.324 e. The molecular formula is C10H13NO5S. The van der Waals surface area contributed by atoms with Crippen molar-refractivity contribution in [3.8, 4) is 0 Å². The molecule has 0 spiro atoms. The van der Waals surface area contributed by atoms with Crippen LogP contribution < -0.4 is 4.72 Å². The Bertz CT molecular complexity index is 471. The van der Waals surface area contributed by atoms with Gasteiger partial charge in [-0.05, 0) is 5.56 Å². The van der Waals surface area contributed by atoms with Crippen LogP contribution in [0.25, 0.3) is 0 Å². The van der Waals surface area contributed by atoms with Crippen LogP contribution >= 0.6 is 0 Å². The largest absolute Gasteiger partial charge is 0.480 e. The van der Waals surface area contributed by atoms with Gasteiger partial charge in [0.15, 0.2) is 0 Å². The predicted molar refractivity (Wildman–Crippen MR) is 60.7 cm³/mol. The second-order valence-corrected chi connectivity index (χ2v) is 5.19. The average Bonchev–Trinajstić information content (AvgIpc) is 2.26. The normalized spacial score (nSPS) is 13.2. The number of carboxylic acid groups (broad SMARTS) is 1. The molecule has 1 rings (SSSR count). The van der Waals surface area contributed by atoms with E-state index in [4.69, 9.17) is 10.2 Å². The number of hydrogen-bond donors (Lipinski definition) is 3. The number of sulfonamides is 1. The highest BCUT2D eigenvalue weighted by Crippen LogP contribution is 2.04. The molecule has 0 aliphatic carbocycles. The van der Waals surface area contributed by atoms with Crippen molar-refractivity contribution in [1.82, 2.24) is 4.72 Å². The van der Waals surface area contributed by atoms with Gasteiger partial charge < -0.3 is 10.2 Å². The Kier molecular flexibility index (Phi) is 4.62. The van der Waals surface area contributed by atoms with Gasteiger partial charge in [-0.1, -0.05) is 30.3 Å². The van der Waals surface area contributed by atoms with Crippen molar-refractivity contribution >= 4 is 16.0 Å². The molecule has 0 radical (unpaired) electrons. The number of benzene rings is 1. The maximum absolute atomic E-state index is 11.6. The van der Waals surface area contributed by atoms with Crippen LogP contribution in [-0.2, 0) is 20.6 Å². The fourth-order valence-corrected chi connectivity index (χ4v) is 2.54. The summed E-state index contributed by atoms with van der Waals surface area (Å²) in [5.74, 6) is -1.73. The van der Waals surface area contributed by atoms with Gasteiger partial charge in [-0.3, -0.25) is 4.79 Å². The van der Waals surface area contributed by atoms with E-state index in [2.05, 4.69) is 0 Å². The minimum absolute atomic E-state index is 0.322. The Morgan fingerprint density at radius 1 is 1.29 bits per heavy atom. The molecular weight excluding hydrogens is 246 g/mol. The lowest BCUT2D eigenvalue weighted by molar-refractivity contribution is -0.139. The first-order chi connectivity index (χ1) is 7.94. The summed E-state index contributed by atoms with van der Waals surface area (Å²) in [4.78, 5) is 10.6. The van der Waals surface area contributed by atoms with Crippen LogP contribution in [0.15, 0.2) is 30.3 Å². The van der Waals surface area contributed by atoms with Crippen LogP contribution in [-0.4, -0.2) is 37.2 Å². The topological polar surface area (TPSA) is 104 Å². The van der Waals surface area contributed by atoms with E-state index in [-0.39, 0.29) is 5.75 Å². The van der Waals surface area contributed by atoms with Gasteiger partial charge in [0, 0.05) is 0 Å². The Morgan fingerprint density at radius 3 is 2.35 bits per heavy atom. The summed E-state index contributed by atoms with van der Waals surface area (Å²) in [6.45, 7) is -0.788. The van der Waals surface area contributed by atoms with Crippen molar-refractivity contribution in [2.45, 2.75) is 11.8 Å². The molecule has 3 N–H and O–H groups in total. The molecule has 0 aliphatic heterocycles. The van der Waals surface area contributed by atoms with Crippen molar-refractivity contribution in [2.75, 3.05) is 6.61 Å². The maximum atomic E-state index is 11.6. The zero-order chi connectivity index (χ0) is 12.9. The molecule has 7 heteroatoms. The predicted octanol–water partition coefficient (Wildman–Crippen LogP) is -0.448. The molecule has 17 heavy (non-hydrogen) atoms. The quantitative estimate of drug-likeness (QED) is 0.642.